The molecule has 0 fully saturated rings. The molecule has 3 rings (SSSR count). The lowest BCUT2D eigenvalue weighted by molar-refractivity contribution is 0.939. The molecule has 3 aromatic rings. The molecule has 106 valence electrons. The smallest absolute Gasteiger partial charge is 0.166 e. The number of hydrogen-bond acceptors (Lipinski definition) is 3. The molecule has 0 radical (unpaired) electrons. The van der Waals surface area contributed by atoms with E-state index in [9.17, 15) is 0 Å². The Morgan fingerprint density at radius 1 is 1.29 bits per heavy atom. The third-order valence-electron chi connectivity index (χ3n) is 3.30. The third kappa shape index (κ3) is 2.32. The van der Waals surface area contributed by atoms with Crippen LogP contribution in [0.15, 0.2) is 36.6 Å². The number of fused-ring (bicyclic) bond motifs is 3. The van der Waals surface area contributed by atoms with Crippen molar-refractivity contribution in [2.45, 2.75) is 20.8 Å². The minimum absolute atomic E-state index is 0.467. The summed E-state index contributed by atoms with van der Waals surface area (Å²) in [7, 11) is 0. The van der Waals surface area contributed by atoms with Crippen LogP contribution in [0.2, 0.25) is 5.15 Å². The zero-order valence-electron chi connectivity index (χ0n) is 12.1. The SMILES string of the molecule is C/C=C\C(=C/C)c1cc2cnc3cc(C)nn3c2nc1Cl. The van der Waals surface area contributed by atoms with E-state index in [1.165, 1.54) is 0 Å². The van der Waals surface area contributed by atoms with E-state index >= 15 is 0 Å². The summed E-state index contributed by atoms with van der Waals surface area (Å²) in [5.41, 5.74) is 4.33. The molecule has 0 saturated heterocycles. The molecule has 0 spiro atoms. The van der Waals surface area contributed by atoms with Gasteiger partial charge in [-0.3, -0.25) is 0 Å². The second-order valence-electron chi connectivity index (χ2n) is 4.80. The van der Waals surface area contributed by atoms with Gasteiger partial charge in [0.25, 0.3) is 0 Å². The highest BCUT2D eigenvalue weighted by Gasteiger charge is 2.11. The predicted molar refractivity (Wildman–Crippen MR) is 86.5 cm³/mol. The van der Waals surface area contributed by atoms with Crippen molar-refractivity contribution >= 4 is 33.9 Å². The molecule has 0 amide bonds. The maximum Gasteiger partial charge on any atom is 0.166 e. The molecule has 0 aliphatic heterocycles. The lowest BCUT2D eigenvalue weighted by Crippen LogP contribution is -1.98. The molecule has 0 unspecified atom stereocenters. The fraction of sp³-hybridized carbons (Fsp3) is 0.188. The molecule has 0 atom stereocenters. The molecule has 0 aliphatic carbocycles. The Kier molecular flexibility index (Phi) is 3.47. The normalized spacial score (nSPS) is 12.9. The summed E-state index contributed by atoms with van der Waals surface area (Å²) < 4.78 is 1.73. The quantitative estimate of drug-likeness (QED) is 0.525. The van der Waals surface area contributed by atoms with E-state index in [0.717, 1.165) is 33.5 Å². The van der Waals surface area contributed by atoms with Crippen LogP contribution >= 0.6 is 11.6 Å². The first kappa shape index (κ1) is 13.8. The highest BCUT2D eigenvalue weighted by molar-refractivity contribution is 6.31. The molecule has 0 bridgehead atoms. The average molecular weight is 299 g/mol. The van der Waals surface area contributed by atoms with Crippen LogP contribution in [0.25, 0.3) is 22.3 Å². The number of allylic oxidation sites excluding steroid dienone is 4. The Morgan fingerprint density at radius 2 is 2.10 bits per heavy atom. The Balaban J connectivity index is 2.32. The molecular formula is C16H15ClN4. The number of aryl methyl sites for hydroxylation is 1. The van der Waals surface area contributed by atoms with Crippen molar-refractivity contribution < 1.29 is 0 Å². The molecule has 0 aromatic carbocycles. The summed E-state index contributed by atoms with van der Waals surface area (Å²) in [6.07, 6.45) is 7.81. The highest BCUT2D eigenvalue weighted by atomic mass is 35.5. The van der Waals surface area contributed by atoms with E-state index in [2.05, 4.69) is 15.1 Å². The highest BCUT2D eigenvalue weighted by Crippen LogP contribution is 2.27. The molecule has 4 nitrogen and oxygen atoms in total. The van der Waals surface area contributed by atoms with E-state index in [4.69, 9.17) is 11.6 Å². The summed E-state index contributed by atoms with van der Waals surface area (Å²) in [6.45, 7) is 5.89. The summed E-state index contributed by atoms with van der Waals surface area (Å²) in [4.78, 5) is 8.93. The van der Waals surface area contributed by atoms with Gasteiger partial charge in [0.2, 0.25) is 0 Å². The largest absolute Gasteiger partial charge is 0.236 e. The van der Waals surface area contributed by atoms with Gasteiger partial charge in [-0.15, -0.1) is 0 Å². The minimum atomic E-state index is 0.467. The monoisotopic (exact) mass is 298 g/mol. The van der Waals surface area contributed by atoms with Crippen molar-refractivity contribution in [3.63, 3.8) is 0 Å². The minimum Gasteiger partial charge on any atom is -0.236 e. The van der Waals surface area contributed by atoms with Crippen LogP contribution in [-0.2, 0) is 0 Å². The molecule has 3 aromatic heterocycles. The van der Waals surface area contributed by atoms with Crippen LogP contribution in [0.1, 0.15) is 25.1 Å². The fourth-order valence-electron chi connectivity index (χ4n) is 2.35. The number of nitrogens with zero attached hydrogens (tertiary/aromatic N) is 4. The lowest BCUT2D eigenvalue weighted by Gasteiger charge is -2.07. The second kappa shape index (κ2) is 5.30. The molecule has 3 heterocycles. The summed E-state index contributed by atoms with van der Waals surface area (Å²) in [6, 6.07) is 3.92. The summed E-state index contributed by atoms with van der Waals surface area (Å²) in [5, 5.41) is 5.80. The van der Waals surface area contributed by atoms with Crippen molar-refractivity contribution in [1.82, 2.24) is 19.6 Å². The first-order valence-corrected chi connectivity index (χ1v) is 7.13. The fourth-order valence-corrected chi connectivity index (χ4v) is 2.60. The third-order valence-corrected chi connectivity index (χ3v) is 3.59. The van der Waals surface area contributed by atoms with Crippen LogP contribution < -0.4 is 0 Å². The van der Waals surface area contributed by atoms with Crippen molar-refractivity contribution in [2.24, 2.45) is 0 Å². The zero-order valence-corrected chi connectivity index (χ0v) is 12.9. The van der Waals surface area contributed by atoms with Crippen molar-refractivity contribution in [2.75, 3.05) is 0 Å². The van der Waals surface area contributed by atoms with Gasteiger partial charge in [0, 0.05) is 23.2 Å². The Morgan fingerprint density at radius 3 is 2.81 bits per heavy atom. The van der Waals surface area contributed by atoms with Crippen LogP contribution in [-0.4, -0.2) is 19.6 Å². The predicted octanol–water partition coefficient (Wildman–Crippen LogP) is 4.22. The van der Waals surface area contributed by atoms with E-state index in [0.29, 0.717) is 5.15 Å². The Labute approximate surface area is 127 Å². The van der Waals surface area contributed by atoms with Gasteiger partial charge in [0.1, 0.15) is 5.15 Å². The second-order valence-corrected chi connectivity index (χ2v) is 5.16. The van der Waals surface area contributed by atoms with Gasteiger partial charge in [0.15, 0.2) is 11.3 Å². The van der Waals surface area contributed by atoms with E-state index < -0.39 is 0 Å². The standard InChI is InChI=1S/C16H15ClN4/c1-4-6-11(5-2)13-8-12-9-18-14-7-10(3)20-21(14)16(12)19-15(13)17/h4-9H,1-3H3/b6-4-,11-5+. The van der Waals surface area contributed by atoms with Crippen LogP contribution in [0.4, 0.5) is 0 Å². The van der Waals surface area contributed by atoms with E-state index in [-0.39, 0.29) is 0 Å². The molecule has 5 heteroatoms. The van der Waals surface area contributed by atoms with Gasteiger partial charge in [-0.05, 0) is 32.4 Å². The summed E-state index contributed by atoms with van der Waals surface area (Å²) in [5.74, 6) is 0. The molecule has 0 N–H and O–H groups in total. The van der Waals surface area contributed by atoms with Crippen molar-refractivity contribution in [3.05, 3.63) is 53.0 Å². The summed E-state index contributed by atoms with van der Waals surface area (Å²) >= 11 is 6.37. The van der Waals surface area contributed by atoms with E-state index in [1.807, 2.05) is 57.3 Å². The Bertz CT molecular complexity index is 890. The zero-order chi connectivity index (χ0) is 15.0. The van der Waals surface area contributed by atoms with Gasteiger partial charge in [0.05, 0.1) is 5.69 Å². The van der Waals surface area contributed by atoms with Gasteiger partial charge in [-0.1, -0.05) is 29.8 Å². The van der Waals surface area contributed by atoms with Crippen LogP contribution in [0, 0.1) is 6.92 Å². The lowest BCUT2D eigenvalue weighted by atomic mass is 10.1. The number of rotatable bonds is 2. The maximum atomic E-state index is 6.37. The number of aromatic nitrogens is 4. The van der Waals surface area contributed by atoms with Crippen LogP contribution in [0.5, 0.6) is 0 Å². The first-order chi connectivity index (χ1) is 10.1. The maximum absolute atomic E-state index is 6.37. The molecule has 0 aliphatic rings. The average Bonchev–Trinajstić information content (AvgIpc) is 2.85. The van der Waals surface area contributed by atoms with Gasteiger partial charge in [-0.25, -0.2) is 9.97 Å². The van der Waals surface area contributed by atoms with Gasteiger partial charge < -0.3 is 0 Å². The van der Waals surface area contributed by atoms with E-state index in [1.54, 1.807) is 4.52 Å². The molecular weight excluding hydrogens is 284 g/mol. The van der Waals surface area contributed by atoms with Crippen LogP contribution in [0.3, 0.4) is 0 Å². The van der Waals surface area contributed by atoms with Crippen molar-refractivity contribution in [1.29, 1.82) is 0 Å². The number of hydrogen-bond donors (Lipinski definition) is 0. The van der Waals surface area contributed by atoms with Gasteiger partial charge >= 0.3 is 0 Å². The first-order valence-electron chi connectivity index (χ1n) is 6.75. The van der Waals surface area contributed by atoms with Crippen molar-refractivity contribution in [3.8, 4) is 0 Å². The topological polar surface area (TPSA) is 43.1 Å². The number of halogens is 1. The molecule has 21 heavy (non-hydrogen) atoms. The molecule has 0 saturated carbocycles. The Hall–Kier alpha value is -2.20. The number of pyridine rings is 1. The van der Waals surface area contributed by atoms with Gasteiger partial charge in [-0.2, -0.15) is 9.61 Å².